The maximum Gasteiger partial charge on any atom is 0.337 e. The van der Waals surface area contributed by atoms with Crippen molar-refractivity contribution >= 4 is 11.9 Å². The van der Waals surface area contributed by atoms with Crippen LogP contribution in [0.3, 0.4) is 0 Å². The van der Waals surface area contributed by atoms with Gasteiger partial charge in [-0.1, -0.05) is 6.92 Å². The molecule has 25 heavy (non-hydrogen) atoms. The minimum absolute atomic E-state index is 0.333. The summed E-state index contributed by atoms with van der Waals surface area (Å²) in [4.78, 5) is 23.3. The van der Waals surface area contributed by atoms with Gasteiger partial charge in [-0.3, -0.25) is 4.79 Å². The van der Waals surface area contributed by atoms with E-state index in [9.17, 15) is 14.7 Å². The average Bonchev–Trinajstić information content (AvgIpc) is 3.03. The SMILES string of the molecule is CCc1c(C(=O)NCC(C)(O)C(=O)O)cnn1-c1ccc(OC)cc1. The number of aliphatic carboxylic acids is 1. The molecule has 1 atom stereocenters. The van der Waals surface area contributed by atoms with Gasteiger partial charge in [-0.15, -0.1) is 0 Å². The highest BCUT2D eigenvalue weighted by molar-refractivity contribution is 5.95. The van der Waals surface area contributed by atoms with Crippen LogP contribution in [0.2, 0.25) is 0 Å². The molecule has 0 bridgehead atoms. The third kappa shape index (κ3) is 3.97. The normalized spacial score (nSPS) is 13.1. The quantitative estimate of drug-likeness (QED) is 0.689. The summed E-state index contributed by atoms with van der Waals surface area (Å²) in [6.07, 6.45) is 1.97. The summed E-state index contributed by atoms with van der Waals surface area (Å²) < 4.78 is 6.77. The van der Waals surface area contributed by atoms with Crippen molar-refractivity contribution in [2.24, 2.45) is 0 Å². The Morgan fingerprint density at radius 2 is 1.96 bits per heavy atom. The monoisotopic (exact) mass is 347 g/mol. The molecule has 3 N–H and O–H groups in total. The number of carbonyl (C=O) groups is 2. The molecule has 0 aliphatic rings. The minimum Gasteiger partial charge on any atom is -0.497 e. The predicted molar refractivity (Wildman–Crippen MR) is 90.1 cm³/mol. The number of hydrogen-bond acceptors (Lipinski definition) is 5. The zero-order valence-corrected chi connectivity index (χ0v) is 14.3. The lowest BCUT2D eigenvalue weighted by molar-refractivity contribution is -0.155. The van der Waals surface area contributed by atoms with Gasteiger partial charge in [0.05, 0.1) is 36.8 Å². The molecule has 0 aliphatic carbocycles. The number of amides is 1. The van der Waals surface area contributed by atoms with Crippen LogP contribution in [0.15, 0.2) is 30.5 Å². The van der Waals surface area contributed by atoms with E-state index < -0.39 is 24.0 Å². The fourth-order valence-corrected chi connectivity index (χ4v) is 2.27. The Labute approximate surface area is 145 Å². The molecule has 1 aromatic carbocycles. The first-order chi connectivity index (χ1) is 11.8. The van der Waals surface area contributed by atoms with E-state index in [1.807, 2.05) is 19.1 Å². The molecule has 1 amide bonds. The lowest BCUT2D eigenvalue weighted by Crippen LogP contribution is -2.46. The maximum atomic E-state index is 12.4. The van der Waals surface area contributed by atoms with Gasteiger partial charge in [0.2, 0.25) is 0 Å². The molecule has 0 aliphatic heterocycles. The van der Waals surface area contributed by atoms with Crippen molar-refractivity contribution in [2.75, 3.05) is 13.7 Å². The molecule has 8 nitrogen and oxygen atoms in total. The number of aromatic nitrogens is 2. The number of nitrogens with one attached hydrogen (secondary N) is 1. The highest BCUT2D eigenvalue weighted by atomic mass is 16.5. The van der Waals surface area contributed by atoms with E-state index in [0.717, 1.165) is 12.6 Å². The number of aliphatic hydroxyl groups is 1. The lowest BCUT2D eigenvalue weighted by atomic mass is 10.1. The van der Waals surface area contributed by atoms with Gasteiger partial charge in [-0.05, 0) is 37.6 Å². The first-order valence-corrected chi connectivity index (χ1v) is 7.75. The number of nitrogens with zero attached hydrogens (tertiary/aromatic N) is 2. The molecular weight excluding hydrogens is 326 g/mol. The van der Waals surface area contributed by atoms with Crippen molar-refractivity contribution < 1.29 is 24.5 Å². The maximum absolute atomic E-state index is 12.4. The lowest BCUT2D eigenvalue weighted by Gasteiger charge is -2.18. The second-order valence-electron chi connectivity index (χ2n) is 5.73. The smallest absolute Gasteiger partial charge is 0.337 e. The largest absolute Gasteiger partial charge is 0.497 e. The third-order valence-electron chi connectivity index (χ3n) is 3.82. The van der Waals surface area contributed by atoms with Crippen LogP contribution in [0, 0.1) is 0 Å². The van der Waals surface area contributed by atoms with Crippen LogP contribution < -0.4 is 10.1 Å². The van der Waals surface area contributed by atoms with E-state index in [1.54, 1.807) is 23.9 Å². The molecule has 0 saturated heterocycles. The molecule has 2 rings (SSSR count). The second-order valence-corrected chi connectivity index (χ2v) is 5.73. The third-order valence-corrected chi connectivity index (χ3v) is 3.82. The van der Waals surface area contributed by atoms with Gasteiger partial charge in [0.15, 0.2) is 5.60 Å². The van der Waals surface area contributed by atoms with Crippen LogP contribution >= 0.6 is 0 Å². The Morgan fingerprint density at radius 3 is 2.48 bits per heavy atom. The summed E-state index contributed by atoms with van der Waals surface area (Å²) in [5.74, 6) is -1.18. The zero-order chi connectivity index (χ0) is 18.6. The predicted octanol–water partition coefficient (Wildman–Crippen LogP) is 1.01. The van der Waals surface area contributed by atoms with Gasteiger partial charge in [0, 0.05) is 0 Å². The number of methoxy groups -OCH3 is 1. The summed E-state index contributed by atoms with van der Waals surface area (Å²) in [7, 11) is 1.58. The van der Waals surface area contributed by atoms with Crippen molar-refractivity contribution in [3.8, 4) is 11.4 Å². The van der Waals surface area contributed by atoms with Crippen molar-refractivity contribution in [1.82, 2.24) is 15.1 Å². The topological polar surface area (TPSA) is 114 Å². The molecule has 0 radical (unpaired) electrons. The number of benzene rings is 1. The summed E-state index contributed by atoms with van der Waals surface area (Å²) in [5.41, 5.74) is -0.250. The van der Waals surface area contributed by atoms with Gasteiger partial charge < -0.3 is 20.3 Å². The Morgan fingerprint density at radius 1 is 1.32 bits per heavy atom. The number of carboxylic acids is 1. The number of ether oxygens (including phenoxy) is 1. The van der Waals surface area contributed by atoms with E-state index in [1.165, 1.54) is 6.20 Å². The molecule has 8 heteroatoms. The molecule has 2 aromatic rings. The molecule has 1 unspecified atom stereocenters. The molecule has 0 spiro atoms. The first-order valence-electron chi connectivity index (χ1n) is 7.75. The van der Waals surface area contributed by atoms with Gasteiger partial charge in [0.25, 0.3) is 5.91 Å². The summed E-state index contributed by atoms with van der Waals surface area (Å²) in [6.45, 7) is 2.61. The van der Waals surface area contributed by atoms with Crippen molar-refractivity contribution in [3.05, 3.63) is 41.7 Å². The van der Waals surface area contributed by atoms with Crippen molar-refractivity contribution in [3.63, 3.8) is 0 Å². The molecule has 1 aromatic heterocycles. The highest BCUT2D eigenvalue weighted by Gasteiger charge is 2.31. The number of hydrogen-bond donors (Lipinski definition) is 3. The van der Waals surface area contributed by atoms with Crippen LogP contribution in [0.25, 0.3) is 5.69 Å². The van der Waals surface area contributed by atoms with Gasteiger partial charge in [0.1, 0.15) is 5.75 Å². The molecular formula is C17H21N3O5. The van der Waals surface area contributed by atoms with Crippen molar-refractivity contribution in [2.45, 2.75) is 25.9 Å². The van der Waals surface area contributed by atoms with E-state index in [0.29, 0.717) is 23.4 Å². The van der Waals surface area contributed by atoms with E-state index >= 15 is 0 Å². The zero-order valence-electron chi connectivity index (χ0n) is 14.3. The van der Waals surface area contributed by atoms with Gasteiger partial charge in [-0.25, -0.2) is 9.48 Å². The molecule has 1 heterocycles. The fourth-order valence-electron chi connectivity index (χ4n) is 2.27. The standard InChI is InChI=1S/C17H21N3O5/c1-4-14-13(15(21)18-10-17(2,24)16(22)23)9-19-20(14)11-5-7-12(25-3)8-6-11/h5-9,24H,4,10H2,1-3H3,(H,18,21)(H,22,23). The summed E-state index contributed by atoms with van der Waals surface area (Å²) in [5, 5.41) is 25.3. The Hall–Kier alpha value is -2.87. The first kappa shape index (κ1) is 18.5. The molecule has 134 valence electrons. The second kappa shape index (κ2) is 7.35. The Balaban J connectivity index is 2.23. The van der Waals surface area contributed by atoms with Crippen LogP contribution in [0.1, 0.15) is 29.9 Å². The number of carboxylic acid groups (broad SMARTS) is 1. The average molecular weight is 347 g/mol. The number of carbonyl (C=O) groups excluding carboxylic acids is 1. The van der Waals surface area contributed by atoms with Crippen molar-refractivity contribution in [1.29, 1.82) is 0 Å². The molecule has 0 saturated carbocycles. The van der Waals surface area contributed by atoms with Crippen LogP contribution in [0.4, 0.5) is 0 Å². The van der Waals surface area contributed by atoms with Crippen LogP contribution in [0.5, 0.6) is 5.75 Å². The Bertz CT molecular complexity index is 765. The number of rotatable bonds is 7. The highest BCUT2D eigenvalue weighted by Crippen LogP contribution is 2.19. The Kier molecular flexibility index (Phi) is 5.43. The van der Waals surface area contributed by atoms with E-state index in [-0.39, 0.29) is 0 Å². The summed E-state index contributed by atoms with van der Waals surface area (Å²) in [6, 6.07) is 7.23. The van der Waals surface area contributed by atoms with E-state index in [2.05, 4.69) is 10.4 Å². The van der Waals surface area contributed by atoms with Crippen LogP contribution in [-0.4, -0.2) is 51.1 Å². The van der Waals surface area contributed by atoms with E-state index in [4.69, 9.17) is 9.84 Å². The summed E-state index contributed by atoms with van der Waals surface area (Å²) >= 11 is 0. The minimum atomic E-state index is -2.03. The fraction of sp³-hybridized carbons (Fsp3) is 0.353. The molecule has 0 fully saturated rings. The van der Waals surface area contributed by atoms with Crippen LogP contribution in [-0.2, 0) is 11.2 Å². The van der Waals surface area contributed by atoms with Gasteiger partial charge >= 0.3 is 5.97 Å². The van der Waals surface area contributed by atoms with Gasteiger partial charge in [-0.2, -0.15) is 5.10 Å².